The number of hydrogen-bond acceptors (Lipinski definition) is 4. The maximum absolute atomic E-state index is 14.5. The van der Waals surface area contributed by atoms with Crippen molar-refractivity contribution in [3.63, 3.8) is 0 Å². The topological polar surface area (TPSA) is 70.4 Å². The second-order valence-corrected chi connectivity index (χ2v) is 6.61. The van der Waals surface area contributed by atoms with E-state index in [1.54, 1.807) is 30.9 Å². The third kappa shape index (κ3) is 3.79. The summed E-state index contributed by atoms with van der Waals surface area (Å²) >= 11 is 5.37. The zero-order valence-corrected chi connectivity index (χ0v) is 16.1. The summed E-state index contributed by atoms with van der Waals surface area (Å²) < 4.78 is 32.8. The Morgan fingerprint density at radius 3 is 2.79 bits per heavy atom. The van der Waals surface area contributed by atoms with E-state index in [0.29, 0.717) is 23.1 Å². The molecule has 2 heterocycles. The minimum atomic E-state index is -0.901. The molecule has 6 nitrogen and oxygen atoms in total. The molecule has 0 radical (unpaired) electrons. The molecule has 146 valence electrons. The summed E-state index contributed by atoms with van der Waals surface area (Å²) in [5, 5.41) is 9.65. The van der Waals surface area contributed by atoms with Gasteiger partial charge >= 0.3 is 0 Å². The predicted molar refractivity (Wildman–Crippen MR) is 104 cm³/mol. The number of carbonyl (C=O) groups is 1. The quantitative estimate of drug-likeness (QED) is 0.586. The van der Waals surface area contributed by atoms with Gasteiger partial charge in [0.2, 0.25) is 0 Å². The van der Waals surface area contributed by atoms with Crippen molar-refractivity contribution in [3.05, 3.63) is 71.1 Å². The maximum atomic E-state index is 14.5. The Balaban J connectivity index is 2.07. The standard InChI is InChI=1S/C19H18F2N4O2S/c1-4-7-25-11(3)16(18(26)22-15-8-10(2)27-24-15)17(23-19(25)28)13-6-5-12(20)9-14(13)21/h4-6,8-9,17H,1,7H2,2-3H3,(H,23,28)(H,22,24,26). The number of nitrogens with zero attached hydrogens (tertiary/aromatic N) is 2. The summed E-state index contributed by atoms with van der Waals surface area (Å²) in [5.41, 5.74) is 0.847. The van der Waals surface area contributed by atoms with E-state index in [0.717, 1.165) is 12.1 Å². The Morgan fingerprint density at radius 2 is 2.18 bits per heavy atom. The van der Waals surface area contributed by atoms with Crippen molar-refractivity contribution in [2.24, 2.45) is 0 Å². The minimum Gasteiger partial charge on any atom is -0.360 e. The van der Waals surface area contributed by atoms with Crippen LogP contribution in [0.5, 0.6) is 0 Å². The van der Waals surface area contributed by atoms with Gasteiger partial charge < -0.3 is 20.1 Å². The van der Waals surface area contributed by atoms with Crippen LogP contribution in [0.4, 0.5) is 14.6 Å². The Bertz CT molecular complexity index is 986. The van der Waals surface area contributed by atoms with Gasteiger partial charge in [0.1, 0.15) is 17.4 Å². The predicted octanol–water partition coefficient (Wildman–Crippen LogP) is 3.59. The van der Waals surface area contributed by atoms with Gasteiger partial charge in [0.15, 0.2) is 10.9 Å². The summed E-state index contributed by atoms with van der Waals surface area (Å²) in [6.45, 7) is 7.44. The average molecular weight is 404 g/mol. The van der Waals surface area contributed by atoms with Crippen molar-refractivity contribution < 1.29 is 18.1 Å². The van der Waals surface area contributed by atoms with Gasteiger partial charge in [-0.05, 0) is 32.1 Å². The normalized spacial score (nSPS) is 16.8. The molecule has 1 unspecified atom stereocenters. The fourth-order valence-electron chi connectivity index (χ4n) is 3.00. The zero-order valence-electron chi connectivity index (χ0n) is 15.3. The molecule has 0 bridgehead atoms. The number of amides is 1. The zero-order chi connectivity index (χ0) is 20.4. The molecule has 1 aliphatic heterocycles. The van der Waals surface area contributed by atoms with Crippen LogP contribution in [0.2, 0.25) is 0 Å². The van der Waals surface area contributed by atoms with Crippen LogP contribution in [0.25, 0.3) is 0 Å². The number of aromatic nitrogens is 1. The molecule has 0 saturated heterocycles. The molecule has 0 saturated carbocycles. The van der Waals surface area contributed by atoms with Crippen molar-refractivity contribution in [2.45, 2.75) is 19.9 Å². The molecular formula is C19H18F2N4O2S. The van der Waals surface area contributed by atoms with Crippen LogP contribution in [0.15, 0.2) is 52.7 Å². The van der Waals surface area contributed by atoms with Crippen LogP contribution < -0.4 is 10.6 Å². The number of nitrogens with one attached hydrogen (secondary N) is 2. The lowest BCUT2D eigenvalue weighted by Crippen LogP contribution is -2.48. The second kappa shape index (κ2) is 7.89. The summed E-state index contributed by atoms with van der Waals surface area (Å²) in [7, 11) is 0. The lowest BCUT2D eigenvalue weighted by Gasteiger charge is -2.37. The van der Waals surface area contributed by atoms with Gasteiger partial charge in [0, 0.05) is 29.9 Å². The fraction of sp³-hybridized carbons (Fsp3) is 0.211. The van der Waals surface area contributed by atoms with E-state index in [2.05, 4.69) is 22.4 Å². The van der Waals surface area contributed by atoms with Gasteiger partial charge in [0.25, 0.3) is 5.91 Å². The van der Waals surface area contributed by atoms with E-state index in [4.69, 9.17) is 16.7 Å². The van der Waals surface area contributed by atoms with Gasteiger partial charge in [-0.2, -0.15) is 0 Å². The lowest BCUT2D eigenvalue weighted by molar-refractivity contribution is -0.113. The van der Waals surface area contributed by atoms with Gasteiger partial charge in [-0.15, -0.1) is 6.58 Å². The van der Waals surface area contributed by atoms with Crippen LogP contribution in [0.1, 0.15) is 24.3 Å². The molecule has 1 aromatic heterocycles. The molecule has 28 heavy (non-hydrogen) atoms. The number of anilines is 1. The van der Waals surface area contributed by atoms with Gasteiger partial charge in [0.05, 0.1) is 11.6 Å². The molecule has 1 aliphatic rings. The number of halogens is 2. The largest absolute Gasteiger partial charge is 0.360 e. The Morgan fingerprint density at radius 1 is 1.43 bits per heavy atom. The molecule has 1 atom stereocenters. The molecule has 1 aromatic carbocycles. The average Bonchev–Trinajstić information content (AvgIpc) is 3.02. The molecule has 2 aromatic rings. The van der Waals surface area contributed by atoms with Crippen LogP contribution >= 0.6 is 12.2 Å². The third-order valence-electron chi connectivity index (χ3n) is 4.30. The first-order valence-corrected chi connectivity index (χ1v) is 8.82. The third-order valence-corrected chi connectivity index (χ3v) is 4.63. The highest BCUT2D eigenvalue weighted by Crippen LogP contribution is 2.33. The molecular weight excluding hydrogens is 386 g/mol. The van der Waals surface area contributed by atoms with Crippen LogP contribution in [0, 0.1) is 18.6 Å². The van der Waals surface area contributed by atoms with Gasteiger partial charge in [-0.1, -0.05) is 17.3 Å². The molecule has 0 aliphatic carbocycles. The first kappa shape index (κ1) is 19.7. The van der Waals surface area contributed by atoms with Gasteiger partial charge in [-0.3, -0.25) is 4.79 Å². The molecule has 9 heteroatoms. The van der Waals surface area contributed by atoms with Crippen molar-refractivity contribution in [1.82, 2.24) is 15.4 Å². The maximum Gasteiger partial charge on any atom is 0.257 e. The number of rotatable bonds is 5. The molecule has 0 fully saturated rings. The highest BCUT2D eigenvalue weighted by atomic mass is 32.1. The Kier molecular flexibility index (Phi) is 5.55. The van der Waals surface area contributed by atoms with E-state index in [1.165, 1.54) is 6.07 Å². The highest BCUT2D eigenvalue weighted by Gasteiger charge is 2.35. The number of benzene rings is 1. The summed E-state index contributed by atoms with van der Waals surface area (Å²) in [6, 6.07) is 3.84. The second-order valence-electron chi connectivity index (χ2n) is 6.22. The van der Waals surface area contributed by atoms with Crippen LogP contribution in [0.3, 0.4) is 0 Å². The van der Waals surface area contributed by atoms with Crippen LogP contribution in [-0.2, 0) is 4.79 Å². The molecule has 0 spiro atoms. The molecule has 1 amide bonds. The summed E-state index contributed by atoms with van der Waals surface area (Å²) in [5.74, 6) is -1.25. The first-order valence-electron chi connectivity index (χ1n) is 8.41. The Hall–Kier alpha value is -3.07. The Labute approximate surface area is 165 Å². The summed E-state index contributed by atoms with van der Waals surface area (Å²) in [4.78, 5) is 14.7. The number of thiocarbonyl (C=S) groups is 1. The van der Waals surface area contributed by atoms with Crippen molar-refractivity contribution in [2.75, 3.05) is 11.9 Å². The molecule has 3 rings (SSSR count). The molecule has 2 N–H and O–H groups in total. The van der Waals surface area contributed by atoms with Crippen LogP contribution in [-0.4, -0.2) is 27.6 Å². The summed E-state index contributed by atoms with van der Waals surface area (Å²) in [6.07, 6.45) is 1.63. The first-order chi connectivity index (χ1) is 13.3. The number of carbonyl (C=O) groups excluding carboxylic acids is 1. The highest BCUT2D eigenvalue weighted by molar-refractivity contribution is 7.80. The lowest BCUT2D eigenvalue weighted by atomic mass is 9.93. The van der Waals surface area contributed by atoms with E-state index in [9.17, 15) is 13.6 Å². The van der Waals surface area contributed by atoms with E-state index in [-0.39, 0.29) is 17.0 Å². The van der Waals surface area contributed by atoms with Crippen molar-refractivity contribution in [3.8, 4) is 0 Å². The van der Waals surface area contributed by atoms with E-state index in [1.807, 2.05) is 0 Å². The van der Waals surface area contributed by atoms with Crippen molar-refractivity contribution >= 4 is 29.1 Å². The van der Waals surface area contributed by atoms with Crippen molar-refractivity contribution in [1.29, 1.82) is 0 Å². The smallest absolute Gasteiger partial charge is 0.257 e. The number of hydrogen-bond donors (Lipinski definition) is 2. The SMILES string of the molecule is C=CCN1C(=S)NC(c2ccc(F)cc2F)C(C(=O)Nc2cc(C)on2)=C1C. The van der Waals surface area contributed by atoms with E-state index < -0.39 is 23.6 Å². The van der Waals surface area contributed by atoms with E-state index >= 15 is 0 Å². The fourth-order valence-corrected chi connectivity index (χ4v) is 3.33. The van der Waals surface area contributed by atoms with Gasteiger partial charge in [-0.25, -0.2) is 8.78 Å². The number of aryl methyl sites for hydroxylation is 1. The monoisotopic (exact) mass is 404 g/mol. The number of allylic oxidation sites excluding steroid dienone is 1. The minimum absolute atomic E-state index is 0.0998.